The van der Waals surface area contributed by atoms with Crippen LogP contribution in [0.25, 0.3) is 0 Å². The molecule has 0 amide bonds. The Labute approximate surface area is 107 Å². The van der Waals surface area contributed by atoms with E-state index in [0.29, 0.717) is 6.54 Å². The highest BCUT2D eigenvalue weighted by molar-refractivity contribution is 6.00. The van der Waals surface area contributed by atoms with E-state index < -0.39 is 17.1 Å². The number of pyridine rings is 1. The van der Waals surface area contributed by atoms with Gasteiger partial charge < -0.3 is 10.1 Å². The third-order valence-corrected chi connectivity index (χ3v) is 2.54. The molecule has 2 aromatic rings. The van der Waals surface area contributed by atoms with Crippen LogP contribution in [0.5, 0.6) is 5.88 Å². The van der Waals surface area contributed by atoms with Gasteiger partial charge in [-0.1, -0.05) is 0 Å². The molecule has 0 aliphatic carbocycles. The Morgan fingerprint density at radius 2 is 2.21 bits per heavy atom. The fourth-order valence-corrected chi connectivity index (χ4v) is 1.61. The number of aromatic amines is 3. The van der Waals surface area contributed by atoms with Crippen molar-refractivity contribution in [2.24, 2.45) is 4.99 Å². The van der Waals surface area contributed by atoms with Crippen LogP contribution in [-0.4, -0.2) is 15.7 Å². The standard InChI is InChI=1S/C12H12N4O3/c1-7(14-6-8-3-2-4-13-5-8)9-10(17)15-12(19)16-11(9)18/h2-5H,6H2,1H3,(H3,15,16,17,18,19). The van der Waals surface area contributed by atoms with Crippen molar-refractivity contribution in [3.05, 3.63) is 56.5 Å². The maximum absolute atomic E-state index is 11.6. The maximum atomic E-state index is 11.6. The zero-order valence-corrected chi connectivity index (χ0v) is 10.2. The predicted octanol–water partition coefficient (Wildman–Crippen LogP) is -1.04. The van der Waals surface area contributed by atoms with Crippen LogP contribution in [0, 0.1) is 0 Å². The molecule has 0 saturated heterocycles. The van der Waals surface area contributed by atoms with Gasteiger partial charge in [0.25, 0.3) is 5.56 Å². The van der Waals surface area contributed by atoms with Gasteiger partial charge in [0.2, 0.25) is 0 Å². The molecule has 0 unspecified atom stereocenters. The quantitative estimate of drug-likeness (QED) is 0.686. The van der Waals surface area contributed by atoms with E-state index in [1.165, 1.54) is 0 Å². The highest BCUT2D eigenvalue weighted by Crippen LogP contribution is 2.05. The second kappa shape index (κ2) is 5.30. The van der Waals surface area contributed by atoms with Crippen LogP contribution in [0.2, 0.25) is 0 Å². The minimum atomic E-state index is -0.816. The average molecular weight is 260 g/mol. The van der Waals surface area contributed by atoms with E-state index in [1.807, 2.05) is 22.1 Å². The molecule has 7 nitrogen and oxygen atoms in total. The smallest absolute Gasteiger partial charge is 0.325 e. The van der Waals surface area contributed by atoms with Crippen molar-refractivity contribution in [2.45, 2.75) is 13.5 Å². The van der Waals surface area contributed by atoms with Crippen molar-refractivity contribution >= 4 is 5.71 Å². The number of hydrogen-bond donors (Lipinski definition) is 2. The largest absolute Gasteiger partial charge is 0.860 e. The van der Waals surface area contributed by atoms with Crippen LogP contribution < -0.4 is 21.3 Å². The molecule has 0 aliphatic heterocycles. The maximum Gasteiger partial charge on any atom is 0.325 e. The Morgan fingerprint density at radius 3 is 2.84 bits per heavy atom. The molecule has 0 saturated carbocycles. The van der Waals surface area contributed by atoms with Gasteiger partial charge in [-0.2, -0.15) is 0 Å². The monoisotopic (exact) mass is 260 g/mol. The first-order valence-electron chi connectivity index (χ1n) is 5.58. The number of nitrogens with one attached hydrogen (secondary N) is 3. The molecule has 0 atom stereocenters. The Morgan fingerprint density at radius 1 is 1.42 bits per heavy atom. The second-order valence-corrected chi connectivity index (χ2v) is 3.93. The Hall–Kier alpha value is -2.70. The minimum Gasteiger partial charge on any atom is -0.860 e. The molecule has 0 fully saturated rings. The van der Waals surface area contributed by atoms with Crippen molar-refractivity contribution < 1.29 is 10.1 Å². The lowest BCUT2D eigenvalue weighted by Crippen LogP contribution is -2.29. The lowest BCUT2D eigenvalue weighted by Gasteiger charge is -2.10. The lowest BCUT2D eigenvalue weighted by molar-refractivity contribution is -0.378. The van der Waals surface area contributed by atoms with Crippen LogP contribution in [0.4, 0.5) is 0 Å². The SMILES string of the molecule is CC(=NCc1ccc[nH+]c1)c1c([O-])[nH]c(=O)[nH]c1=O. The van der Waals surface area contributed by atoms with Crippen molar-refractivity contribution in [3.8, 4) is 5.88 Å². The molecule has 7 heteroatoms. The van der Waals surface area contributed by atoms with Crippen molar-refractivity contribution in [3.63, 3.8) is 0 Å². The number of aliphatic imine (C=N–C) groups is 1. The molecule has 0 bridgehead atoms. The van der Waals surface area contributed by atoms with Crippen molar-refractivity contribution in [1.82, 2.24) is 9.97 Å². The van der Waals surface area contributed by atoms with Crippen molar-refractivity contribution in [1.29, 1.82) is 0 Å². The predicted molar refractivity (Wildman–Crippen MR) is 66.0 cm³/mol. The van der Waals surface area contributed by atoms with Gasteiger partial charge >= 0.3 is 5.69 Å². The molecular formula is C12H12N4O3. The van der Waals surface area contributed by atoms with Crippen LogP contribution in [0.3, 0.4) is 0 Å². The number of rotatable bonds is 3. The summed E-state index contributed by atoms with van der Waals surface area (Å²) in [6, 6.07) is 3.69. The average Bonchev–Trinajstić information content (AvgIpc) is 2.36. The highest BCUT2D eigenvalue weighted by atomic mass is 16.3. The van der Waals surface area contributed by atoms with E-state index in [4.69, 9.17) is 0 Å². The van der Waals surface area contributed by atoms with Gasteiger partial charge in [-0.15, -0.1) is 0 Å². The fraction of sp³-hybridized carbons (Fsp3) is 0.167. The lowest BCUT2D eigenvalue weighted by atomic mass is 10.2. The summed E-state index contributed by atoms with van der Waals surface area (Å²) in [6.07, 6.45) is 3.54. The number of nitrogens with zero attached hydrogens (tertiary/aromatic N) is 1. The summed E-state index contributed by atoms with van der Waals surface area (Å²) in [5, 5.41) is 11.6. The molecule has 0 aliphatic rings. The molecule has 0 spiro atoms. The van der Waals surface area contributed by atoms with E-state index >= 15 is 0 Å². The Bertz CT molecular complexity index is 716. The third kappa shape index (κ3) is 2.95. The summed E-state index contributed by atoms with van der Waals surface area (Å²) >= 11 is 0. The van der Waals surface area contributed by atoms with Gasteiger partial charge in [-0.25, -0.2) is 9.78 Å². The van der Waals surface area contributed by atoms with Gasteiger partial charge in [-0.3, -0.25) is 14.8 Å². The van der Waals surface area contributed by atoms with E-state index in [0.717, 1.165) is 5.56 Å². The summed E-state index contributed by atoms with van der Waals surface area (Å²) in [5.74, 6) is -0.727. The number of aromatic nitrogens is 3. The second-order valence-electron chi connectivity index (χ2n) is 3.93. The third-order valence-electron chi connectivity index (χ3n) is 2.54. The molecule has 19 heavy (non-hydrogen) atoms. The topological polar surface area (TPSA) is 115 Å². The van der Waals surface area contributed by atoms with Crippen molar-refractivity contribution in [2.75, 3.05) is 0 Å². The Kier molecular flexibility index (Phi) is 3.56. The first-order chi connectivity index (χ1) is 9.08. The van der Waals surface area contributed by atoms with E-state index in [2.05, 4.69) is 9.98 Å². The highest BCUT2D eigenvalue weighted by Gasteiger charge is 2.06. The van der Waals surface area contributed by atoms with Crippen LogP contribution >= 0.6 is 0 Å². The van der Waals surface area contributed by atoms with E-state index in [9.17, 15) is 14.7 Å². The minimum absolute atomic E-state index is 0.139. The molecule has 3 N–H and O–H groups in total. The molecule has 0 radical (unpaired) electrons. The Balaban J connectivity index is 2.32. The molecular weight excluding hydrogens is 248 g/mol. The molecule has 2 aromatic heterocycles. The number of hydrogen-bond acceptors (Lipinski definition) is 4. The van der Waals surface area contributed by atoms with E-state index in [-0.39, 0.29) is 11.3 Å². The van der Waals surface area contributed by atoms with Gasteiger partial charge in [0, 0.05) is 17.3 Å². The van der Waals surface area contributed by atoms with Gasteiger partial charge in [-0.05, 0) is 18.9 Å². The summed E-state index contributed by atoms with van der Waals surface area (Å²) in [7, 11) is 0. The first-order valence-corrected chi connectivity index (χ1v) is 5.58. The van der Waals surface area contributed by atoms with E-state index in [1.54, 1.807) is 19.3 Å². The van der Waals surface area contributed by atoms with Gasteiger partial charge in [0.1, 0.15) is 0 Å². The van der Waals surface area contributed by atoms with Gasteiger partial charge in [0.15, 0.2) is 12.4 Å². The van der Waals surface area contributed by atoms with Crippen LogP contribution in [0.1, 0.15) is 18.1 Å². The zero-order chi connectivity index (χ0) is 13.8. The summed E-state index contributed by atoms with van der Waals surface area (Å²) < 4.78 is 0. The first kappa shape index (κ1) is 12.7. The zero-order valence-electron chi connectivity index (χ0n) is 10.2. The normalized spacial score (nSPS) is 11.5. The molecule has 2 rings (SSSR count). The summed E-state index contributed by atoms with van der Waals surface area (Å²) in [5.41, 5.74) is -0.486. The molecule has 0 aromatic carbocycles. The molecule has 2 heterocycles. The van der Waals surface area contributed by atoms with Gasteiger partial charge in [0.05, 0.1) is 12.1 Å². The summed E-state index contributed by atoms with van der Waals surface area (Å²) in [6.45, 7) is 1.89. The van der Waals surface area contributed by atoms with Crippen LogP contribution in [0.15, 0.2) is 39.1 Å². The number of H-pyrrole nitrogens is 3. The fourth-order valence-electron chi connectivity index (χ4n) is 1.61. The molecule has 98 valence electrons. The van der Waals surface area contributed by atoms with Crippen LogP contribution in [-0.2, 0) is 6.54 Å². The summed E-state index contributed by atoms with van der Waals surface area (Å²) in [4.78, 5) is 33.6.